The third-order valence-corrected chi connectivity index (χ3v) is 6.21. The molecular formula is C23H29ClFN3O4S. The van der Waals surface area contributed by atoms with Crippen LogP contribution in [-0.4, -0.2) is 49.5 Å². The van der Waals surface area contributed by atoms with E-state index in [2.05, 4.69) is 5.32 Å². The van der Waals surface area contributed by atoms with Gasteiger partial charge in [0, 0.05) is 17.6 Å². The molecule has 33 heavy (non-hydrogen) atoms. The third-order valence-electron chi connectivity index (χ3n) is 4.76. The van der Waals surface area contributed by atoms with E-state index in [-0.39, 0.29) is 22.8 Å². The highest BCUT2D eigenvalue weighted by Gasteiger charge is 2.32. The predicted octanol–water partition coefficient (Wildman–Crippen LogP) is 3.58. The second kappa shape index (κ2) is 10.5. The first-order chi connectivity index (χ1) is 15.2. The molecule has 0 saturated carbocycles. The maximum absolute atomic E-state index is 14.4. The van der Waals surface area contributed by atoms with Crippen molar-refractivity contribution in [2.24, 2.45) is 0 Å². The molecule has 0 bridgehead atoms. The Balaban J connectivity index is 2.43. The summed E-state index contributed by atoms with van der Waals surface area (Å²) < 4.78 is 40.2. The fraction of sp³-hybridized carbons (Fsp3) is 0.391. The van der Waals surface area contributed by atoms with Crippen molar-refractivity contribution in [1.29, 1.82) is 0 Å². The zero-order valence-corrected chi connectivity index (χ0v) is 20.9. The Kier molecular flexibility index (Phi) is 8.48. The van der Waals surface area contributed by atoms with Gasteiger partial charge in [-0.3, -0.25) is 13.9 Å². The lowest BCUT2D eigenvalue weighted by atomic mass is 10.1. The third kappa shape index (κ3) is 7.43. The first-order valence-corrected chi connectivity index (χ1v) is 12.5. The summed E-state index contributed by atoms with van der Waals surface area (Å²) in [6, 6.07) is 11.1. The van der Waals surface area contributed by atoms with Crippen molar-refractivity contribution in [3.8, 4) is 0 Å². The molecule has 0 aliphatic rings. The lowest BCUT2D eigenvalue weighted by Gasteiger charge is -2.33. The van der Waals surface area contributed by atoms with Crippen LogP contribution in [0.1, 0.15) is 33.3 Å². The smallest absolute Gasteiger partial charge is 0.244 e. The number of nitrogens with zero attached hydrogens (tertiary/aromatic N) is 2. The summed E-state index contributed by atoms with van der Waals surface area (Å²) in [7, 11) is -3.90. The maximum atomic E-state index is 14.4. The average molecular weight is 498 g/mol. The standard InChI is InChI=1S/C23H29ClFN3O4S/c1-16(22(30)26-23(2,3)4)27(14-17-10-6-8-12-19(17)25)21(29)15-28(33(5,31)32)20-13-9-7-11-18(20)24/h6-13,16H,14-15H2,1-5H3,(H,26,30)/t16-/m0/s1. The second-order valence-electron chi connectivity index (χ2n) is 8.75. The van der Waals surface area contributed by atoms with Crippen molar-refractivity contribution in [1.82, 2.24) is 10.2 Å². The zero-order chi connectivity index (χ0) is 25.0. The first-order valence-electron chi connectivity index (χ1n) is 10.3. The van der Waals surface area contributed by atoms with Crippen molar-refractivity contribution in [3.63, 3.8) is 0 Å². The van der Waals surface area contributed by atoms with Crippen LogP contribution in [-0.2, 0) is 26.2 Å². The van der Waals surface area contributed by atoms with E-state index in [1.54, 1.807) is 39.0 Å². The summed E-state index contributed by atoms with van der Waals surface area (Å²) in [5.41, 5.74) is -0.230. The molecule has 0 heterocycles. The molecule has 0 spiro atoms. The molecule has 0 saturated heterocycles. The van der Waals surface area contributed by atoms with Crippen molar-refractivity contribution in [2.75, 3.05) is 17.1 Å². The van der Waals surface area contributed by atoms with Gasteiger partial charge in [-0.25, -0.2) is 12.8 Å². The Labute approximate surface area is 199 Å². The largest absolute Gasteiger partial charge is 0.350 e. The highest BCUT2D eigenvalue weighted by molar-refractivity contribution is 7.92. The molecule has 1 atom stereocenters. The Bertz CT molecular complexity index is 1120. The monoisotopic (exact) mass is 497 g/mol. The summed E-state index contributed by atoms with van der Waals surface area (Å²) in [5.74, 6) is -1.67. The van der Waals surface area contributed by atoms with Gasteiger partial charge in [-0.1, -0.05) is 41.9 Å². The Morgan fingerprint density at radius 1 is 1.09 bits per heavy atom. The Hall–Kier alpha value is -2.65. The summed E-state index contributed by atoms with van der Waals surface area (Å²) >= 11 is 6.18. The van der Waals surface area contributed by atoms with E-state index in [9.17, 15) is 22.4 Å². The molecule has 0 aromatic heterocycles. The molecule has 7 nitrogen and oxygen atoms in total. The highest BCUT2D eigenvalue weighted by Crippen LogP contribution is 2.27. The molecule has 10 heteroatoms. The summed E-state index contributed by atoms with van der Waals surface area (Å²) in [5, 5.41) is 2.95. The predicted molar refractivity (Wildman–Crippen MR) is 128 cm³/mol. The van der Waals surface area contributed by atoms with Crippen LogP contribution in [0.2, 0.25) is 5.02 Å². The lowest BCUT2D eigenvalue weighted by molar-refractivity contribution is -0.140. The van der Waals surface area contributed by atoms with Crippen LogP contribution in [0.25, 0.3) is 0 Å². The van der Waals surface area contributed by atoms with E-state index < -0.39 is 45.8 Å². The van der Waals surface area contributed by atoms with Gasteiger partial charge in [-0.2, -0.15) is 0 Å². The second-order valence-corrected chi connectivity index (χ2v) is 11.1. The molecule has 1 N–H and O–H groups in total. The van der Waals surface area contributed by atoms with Crippen LogP contribution in [0.4, 0.5) is 10.1 Å². The number of hydrogen-bond donors (Lipinski definition) is 1. The lowest BCUT2D eigenvalue weighted by Crippen LogP contribution is -2.54. The Morgan fingerprint density at radius 2 is 1.67 bits per heavy atom. The molecule has 0 fully saturated rings. The number of rotatable bonds is 8. The van der Waals surface area contributed by atoms with Gasteiger partial charge >= 0.3 is 0 Å². The normalized spacial score (nSPS) is 12.7. The molecule has 0 unspecified atom stereocenters. The van der Waals surface area contributed by atoms with Crippen LogP contribution >= 0.6 is 11.6 Å². The van der Waals surface area contributed by atoms with Crippen molar-refractivity contribution < 1.29 is 22.4 Å². The topological polar surface area (TPSA) is 86.8 Å². The van der Waals surface area contributed by atoms with E-state index in [4.69, 9.17) is 11.6 Å². The Morgan fingerprint density at radius 3 is 2.21 bits per heavy atom. The van der Waals surface area contributed by atoms with Gasteiger partial charge in [0.05, 0.1) is 17.0 Å². The summed E-state index contributed by atoms with van der Waals surface area (Å²) in [4.78, 5) is 27.4. The molecule has 2 amide bonds. The van der Waals surface area contributed by atoms with Crippen molar-refractivity contribution in [3.05, 3.63) is 64.9 Å². The van der Waals surface area contributed by atoms with Gasteiger partial charge in [-0.15, -0.1) is 0 Å². The fourth-order valence-electron chi connectivity index (χ4n) is 3.12. The minimum absolute atomic E-state index is 0.132. The molecule has 0 radical (unpaired) electrons. The highest BCUT2D eigenvalue weighted by atomic mass is 35.5. The van der Waals surface area contributed by atoms with Gasteiger partial charge in [0.1, 0.15) is 18.4 Å². The molecule has 180 valence electrons. The van der Waals surface area contributed by atoms with Gasteiger partial charge < -0.3 is 10.2 Å². The average Bonchev–Trinajstić information content (AvgIpc) is 2.69. The zero-order valence-electron chi connectivity index (χ0n) is 19.3. The number of halogens is 2. The first kappa shape index (κ1) is 26.6. The molecule has 2 rings (SSSR count). The molecule has 0 aliphatic heterocycles. The quantitative estimate of drug-likeness (QED) is 0.604. The van der Waals surface area contributed by atoms with E-state index >= 15 is 0 Å². The summed E-state index contributed by atoms with van der Waals surface area (Å²) in [6.07, 6.45) is 0.959. The maximum Gasteiger partial charge on any atom is 0.244 e. The van der Waals surface area contributed by atoms with E-state index in [0.29, 0.717) is 0 Å². The van der Waals surface area contributed by atoms with Crippen LogP contribution in [0, 0.1) is 5.82 Å². The van der Waals surface area contributed by atoms with Gasteiger partial charge in [0.2, 0.25) is 21.8 Å². The number of carbonyl (C=O) groups excluding carboxylic acids is 2. The number of hydrogen-bond acceptors (Lipinski definition) is 4. The minimum Gasteiger partial charge on any atom is -0.350 e. The number of benzene rings is 2. The van der Waals surface area contributed by atoms with Crippen molar-refractivity contribution in [2.45, 2.75) is 45.8 Å². The van der Waals surface area contributed by atoms with Crippen LogP contribution in [0.5, 0.6) is 0 Å². The number of para-hydroxylation sites is 1. The van der Waals surface area contributed by atoms with Gasteiger partial charge in [0.15, 0.2) is 0 Å². The van der Waals surface area contributed by atoms with Crippen LogP contribution in [0.15, 0.2) is 48.5 Å². The number of sulfonamides is 1. The SMILES string of the molecule is C[C@@H](C(=O)NC(C)(C)C)N(Cc1ccccc1F)C(=O)CN(c1ccccc1Cl)S(C)(=O)=O. The molecular weight excluding hydrogens is 469 g/mol. The van der Waals surface area contributed by atoms with E-state index in [1.807, 2.05) is 0 Å². The van der Waals surface area contributed by atoms with E-state index in [1.165, 1.54) is 37.3 Å². The number of carbonyl (C=O) groups is 2. The summed E-state index contributed by atoms with van der Waals surface area (Å²) in [6.45, 7) is 6.07. The molecule has 0 aliphatic carbocycles. The van der Waals surface area contributed by atoms with Crippen molar-refractivity contribution >= 4 is 39.1 Å². The number of nitrogens with one attached hydrogen (secondary N) is 1. The van der Waals surface area contributed by atoms with E-state index in [0.717, 1.165) is 15.5 Å². The fourth-order valence-corrected chi connectivity index (χ4v) is 4.26. The van der Waals surface area contributed by atoms with Crippen LogP contribution in [0.3, 0.4) is 0 Å². The van der Waals surface area contributed by atoms with Gasteiger partial charge in [-0.05, 0) is 45.9 Å². The minimum atomic E-state index is -3.90. The molecule has 2 aromatic carbocycles. The number of amides is 2. The molecule has 2 aromatic rings. The number of anilines is 1. The van der Waals surface area contributed by atoms with Crippen LogP contribution < -0.4 is 9.62 Å². The van der Waals surface area contributed by atoms with Gasteiger partial charge in [0.25, 0.3) is 0 Å².